The number of aliphatic imine (C=N–C) groups is 1. The minimum Gasteiger partial charge on any atom is -0.457 e. The summed E-state index contributed by atoms with van der Waals surface area (Å²) in [5.41, 5.74) is 7.04. The van der Waals surface area contributed by atoms with E-state index in [1.165, 1.54) is 19.2 Å². The monoisotopic (exact) mass is 517 g/mol. The molecule has 4 rings (SSSR count). The van der Waals surface area contributed by atoms with E-state index >= 15 is 0 Å². The van der Waals surface area contributed by atoms with Gasteiger partial charge in [-0.15, -0.1) is 0 Å². The van der Waals surface area contributed by atoms with Gasteiger partial charge >= 0.3 is 0 Å². The molecule has 9 heteroatoms. The number of hydrogen-bond acceptors (Lipinski definition) is 4. The lowest BCUT2D eigenvalue weighted by Crippen LogP contribution is -2.40. The third-order valence-corrected chi connectivity index (χ3v) is 8.41. The van der Waals surface area contributed by atoms with Gasteiger partial charge in [-0.05, 0) is 55.8 Å². The van der Waals surface area contributed by atoms with E-state index in [4.69, 9.17) is 10.5 Å². The lowest BCUT2D eigenvalue weighted by atomic mass is 10.0. The second-order valence-electron chi connectivity index (χ2n) is 7.59. The molecule has 1 aromatic heterocycles. The van der Waals surface area contributed by atoms with Crippen LogP contribution in [-0.4, -0.2) is 30.0 Å². The number of nitrogens with zero attached hydrogens (tertiary/aromatic N) is 2. The third-order valence-electron chi connectivity index (χ3n) is 5.52. The molecule has 0 amide bonds. The van der Waals surface area contributed by atoms with Crippen LogP contribution >= 0.6 is 15.9 Å². The van der Waals surface area contributed by atoms with Gasteiger partial charge in [-0.25, -0.2) is 16.8 Å². The van der Waals surface area contributed by atoms with Crippen LogP contribution in [0.25, 0.3) is 10.9 Å². The first-order valence-corrected chi connectivity index (χ1v) is 12.0. The van der Waals surface area contributed by atoms with Gasteiger partial charge in [0.25, 0.3) is 10.0 Å². The van der Waals surface area contributed by atoms with E-state index in [2.05, 4.69) is 20.9 Å². The number of amidine groups is 1. The van der Waals surface area contributed by atoms with Crippen molar-refractivity contribution in [3.8, 4) is 11.5 Å². The van der Waals surface area contributed by atoms with Gasteiger partial charge in [0.05, 0.1) is 5.52 Å². The molecular weight excluding hydrogens is 497 g/mol. The summed E-state index contributed by atoms with van der Waals surface area (Å²) in [5, 5.41) is 0.650. The molecule has 1 aliphatic carbocycles. The van der Waals surface area contributed by atoms with Gasteiger partial charge in [-0.1, -0.05) is 34.1 Å². The molecule has 3 aromatic rings. The molecule has 0 radical (unpaired) electrons. The van der Waals surface area contributed by atoms with Gasteiger partial charge in [-0.2, -0.15) is 0 Å². The summed E-state index contributed by atoms with van der Waals surface area (Å²) < 4.78 is 47.4. The average molecular weight is 518 g/mol. The molecule has 1 atom stereocenters. The van der Waals surface area contributed by atoms with Crippen molar-refractivity contribution in [2.75, 3.05) is 7.05 Å². The lowest BCUT2D eigenvalue weighted by molar-refractivity contribution is 0.477. The Morgan fingerprint density at radius 1 is 1.22 bits per heavy atom. The number of nitrogens with two attached hydrogens (primary N) is 1. The zero-order valence-electron chi connectivity index (χ0n) is 17.4. The van der Waals surface area contributed by atoms with E-state index in [-0.39, 0.29) is 6.42 Å². The Morgan fingerprint density at radius 3 is 2.69 bits per heavy atom. The van der Waals surface area contributed by atoms with Crippen molar-refractivity contribution < 1.29 is 17.5 Å². The van der Waals surface area contributed by atoms with Gasteiger partial charge in [0.15, 0.2) is 0 Å². The Morgan fingerprint density at radius 2 is 1.97 bits per heavy atom. The first kappa shape index (κ1) is 22.3. The highest BCUT2D eigenvalue weighted by molar-refractivity contribution is 9.11. The van der Waals surface area contributed by atoms with Crippen molar-refractivity contribution in [2.45, 2.75) is 18.1 Å². The van der Waals surface area contributed by atoms with Gasteiger partial charge in [0.2, 0.25) is 0 Å². The Hall–Kier alpha value is -2.91. The predicted octanol–water partition coefficient (Wildman–Crippen LogP) is 5.24. The van der Waals surface area contributed by atoms with Gasteiger partial charge in [0.1, 0.15) is 27.9 Å². The van der Waals surface area contributed by atoms with E-state index in [1.54, 1.807) is 49.5 Å². The molecule has 32 heavy (non-hydrogen) atoms. The van der Waals surface area contributed by atoms with Gasteiger partial charge in [-0.3, -0.25) is 4.99 Å². The maximum Gasteiger partial charge on any atom is 0.251 e. The fourth-order valence-corrected chi connectivity index (χ4v) is 5.56. The molecule has 6 nitrogen and oxygen atoms in total. The average Bonchev–Trinajstić information content (AvgIpc) is 3.20. The van der Waals surface area contributed by atoms with Crippen molar-refractivity contribution in [1.82, 2.24) is 3.97 Å². The van der Waals surface area contributed by atoms with Crippen LogP contribution in [0.2, 0.25) is 0 Å². The van der Waals surface area contributed by atoms with E-state index in [0.29, 0.717) is 32.7 Å². The molecule has 0 saturated heterocycles. The van der Waals surface area contributed by atoms with Crippen LogP contribution in [0, 0.1) is 0 Å². The van der Waals surface area contributed by atoms with Crippen LogP contribution in [0.1, 0.15) is 18.9 Å². The van der Waals surface area contributed by atoms with Crippen LogP contribution in [-0.2, 0) is 10.0 Å². The smallest absolute Gasteiger partial charge is 0.251 e. The maximum atomic E-state index is 14.8. The number of rotatable bonds is 5. The summed E-state index contributed by atoms with van der Waals surface area (Å²) in [6.45, 7) is 1.39. The first-order valence-electron chi connectivity index (χ1n) is 9.76. The fourth-order valence-electron chi connectivity index (χ4n) is 3.52. The Bertz CT molecular complexity index is 1410. The molecule has 166 valence electrons. The third kappa shape index (κ3) is 3.75. The summed E-state index contributed by atoms with van der Waals surface area (Å²) in [7, 11) is -2.46. The molecule has 2 N–H and O–H groups in total. The van der Waals surface area contributed by atoms with E-state index in [9.17, 15) is 12.8 Å². The molecule has 0 aliphatic heterocycles. The molecule has 0 saturated carbocycles. The number of aromatic nitrogens is 1. The van der Waals surface area contributed by atoms with Crippen LogP contribution in [0.15, 0.2) is 82.2 Å². The van der Waals surface area contributed by atoms with Crippen molar-refractivity contribution in [1.29, 1.82) is 0 Å². The molecule has 0 bridgehead atoms. The molecule has 1 heterocycles. The number of halogens is 2. The number of benzene rings is 2. The van der Waals surface area contributed by atoms with Crippen LogP contribution in [0.5, 0.6) is 11.5 Å². The summed E-state index contributed by atoms with van der Waals surface area (Å²) in [5.74, 6) is 0.786. The zero-order valence-corrected chi connectivity index (χ0v) is 19.8. The fraction of sp³-hybridized carbons (Fsp3) is 0.174. The van der Waals surface area contributed by atoms with Crippen molar-refractivity contribution in [3.05, 3.63) is 82.8 Å². The normalized spacial score (nSPS) is 19.6. The molecule has 0 spiro atoms. The zero-order chi connectivity index (χ0) is 23.1. The Balaban J connectivity index is 1.68. The van der Waals surface area contributed by atoms with E-state index in [0.717, 1.165) is 9.54 Å². The Kier molecular flexibility index (Phi) is 5.72. The highest BCUT2D eigenvalue weighted by Gasteiger charge is 2.45. The minimum atomic E-state index is -4.07. The van der Waals surface area contributed by atoms with Gasteiger partial charge in [0, 0.05) is 28.7 Å². The quantitative estimate of drug-likeness (QED) is 0.370. The highest BCUT2D eigenvalue weighted by atomic mass is 79.9. The molecular formula is C23H21BrFN3O3S. The second kappa shape index (κ2) is 8.22. The number of fused-ring (bicyclic) bond motifs is 1. The summed E-state index contributed by atoms with van der Waals surface area (Å²) in [4.78, 5) is 3.97. The van der Waals surface area contributed by atoms with Gasteiger partial charge < -0.3 is 10.5 Å². The van der Waals surface area contributed by atoms with Crippen LogP contribution in [0.4, 0.5) is 4.39 Å². The van der Waals surface area contributed by atoms with Crippen LogP contribution in [0.3, 0.4) is 0 Å². The topological polar surface area (TPSA) is 86.7 Å². The maximum absolute atomic E-state index is 14.8. The number of ether oxygens (including phenoxy) is 1. The summed E-state index contributed by atoms with van der Waals surface area (Å²) in [6, 6.07) is 13.9. The summed E-state index contributed by atoms with van der Waals surface area (Å²) >= 11 is 3.20. The molecule has 1 aliphatic rings. The molecule has 0 fully saturated rings. The standard InChI is InChI=1S/C23H21BrFN3O3S/c1-23(10-8-17(24)14-21(23)25)32(29,30)28-11-9-15-12-19(6-7-20(15)28)31-18-5-3-4-16(13-18)22(26)27-2/h3-9,11-14H,10H2,1-2H3,(H2,26,27). The van der Waals surface area contributed by atoms with Crippen molar-refractivity contribution >= 4 is 42.7 Å². The van der Waals surface area contributed by atoms with Crippen molar-refractivity contribution in [3.63, 3.8) is 0 Å². The minimum absolute atomic E-state index is 0.0274. The molecule has 2 aromatic carbocycles. The van der Waals surface area contributed by atoms with E-state index in [1.807, 2.05) is 12.1 Å². The Labute approximate surface area is 194 Å². The van der Waals surface area contributed by atoms with Crippen LogP contribution < -0.4 is 10.5 Å². The lowest BCUT2D eigenvalue weighted by Gasteiger charge is -2.29. The largest absolute Gasteiger partial charge is 0.457 e. The number of hydrogen-bond donors (Lipinski definition) is 1. The highest BCUT2D eigenvalue weighted by Crippen LogP contribution is 2.40. The second-order valence-corrected chi connectivity index (χ2v) is 10.8. The van der Waals surface area contributed by atoms with E-state index < -0.39 is 20.6 Å². The van der Waals surface area contributed by atoms with Crippen molar-refractivity contribution in [2.24, 2.45) is 10.7 Å². The summed E-state index contributed by atoms with van der Waals surface area (Å²) in [6.07, 6.45) is 4.32. The molecule has 1 unspecified atom stereocenters. The predicted molar refractivity (Wildman–Crippen MR) is 129 cm³/mol. The SMILES string of the molecule is CN=C(N)c1cccc(Oc2ccc3c(ccn3S(=O)(=O)C3(C)CC=C(Br)C=C3F)c2)c1. The first-order chi connectivity index (χ1) is 15.2. The number of allylic oxidation sites excluding steroid dienone is 3.